The summed E-state index contributed by atoms with van der Waals surface area (Å²) in [6.45, 7) is 1.72. The van der Waals surface area contributed by atoms with Crippen LogP contribution in [0.1, 0.15) is 16.1 Å². The number of carboxylic acids is 1. The molecule has 0 fully saturated rings. The van der Waals surface area contributed by atoms with Crippen molar-refractivity contribution < 1.29 is 19.2 Å². The summed E-state index contributed by atoms with van der Waals surface area (Å²) >= 11 is 1.14. The van der Waals surface area contributed by atoms with Gasteiger partial charge in [0.05, 0.1) is 16.3 Å². The van der Waals surface area contributed by atoms with Gasteiger partial charge in [-0.05, 0) is 19.1 Å². The second kappa shape index (κ2) is 6.20. The zero-order valence-electron chi connectivity index (χ0n) is 10.5. The lowest BCUT2D eigenvalue weighted by Gasteiger charge is -2.02. The van der Waals surface area contributed by atoms with Crippen molar-refractivity contribution in [3.63, 3.8) is 0 Å². The van der Waals surface area contributed by atoms with E-state index in [1.807, 2.05) is 0 Å². The van der Waals surface area contributed by atoms with E-state index in [-0.39, 0.29) is 17.2 Å². The third-order valence-corrected chi connectivity index (χ3v) is 3.15. The molecular formula is C12H11N3O4S. The van der Waals surface area contributed by atoms with E-state index in [9.17, 15) is 9.59 Å². The highest BCUT2D eigenvalue weighted by molar-refractivity contribution is 7.99. The summed E-state index contributed by atoms with van der Waals surface area (Å²) in [4.78, 5) is 26.4. The van der Waals surface area contributed by atoms with Gasteiger partial charge < -0.3 is 14.9 Å². The summed E-state index contributed by atoms with van der Waals surface area (Å²) in [7, 11) is 0. The lowest BCUT2D eigenvalue weighted by Crippen LogP contribution is -2.14. The third-order valence-electron chi connectivity index (χ3n) is 2.23. The third kappa shape index (κ3) is 3.82. The molecular weight excluding hydrogens is 282 g/mol. The lowest BCUT2D eigenvalue weighted by molar-refractivity contribution is -0.113. The fourth-order valence-electron chi connectivity index (χ4n) is 1.37. The summed E-state index contributed by atoms with van der Waals surface area (Å²) in [6, 6.07) is 4.41. The van der Waals surface area contributed by atoms with Crippen LogP contribution >= 0.6 is 11.8 Å². The highest BCUT2D eigenvalue weighted by Gasteiger charge is 2.09. The zero-order chi connectivity index (χ0) is 14.5. The normalized spacial score (nSPS) is 10.2. The predicted octanol–water partition coefficient (Wildman–Crippen LogP) is 1.81. The van der Waals surface area contributed by atoms with Gasteiger partial charge in [0, 0.05) is 12.3 Å². The van der Waals surface area contributed by atoms with Crippen LogP contribution in [0.5, 0.6) is 0 Å². The standard InChI is InChI=1S/C12H11N3O4S/c1-7-4-9(15-19-7)14-10(16)6-20-11-5-8(12(17)18)2-3-13-11/h2-5H,6H2,1H3,(H,17,18)(H,14,15,16). The Morgan fingerprint density at radius 3 is 2.90 bits per heavy atom. The summed E-state index contributed by atoms with van der Waals surface area (Å²) < 4.78 is 4.82. The Hall–Kier alpha value is -2.35. The van der Waals surface area contributed by atoms with Gasteiger partial charge in [-0.15, -0.1) is 0 Å². The molecule has 0 atom stereocenters. The van der Waals surface area contributed by atoms with E-state index in [0.29, 0.717) is 16.6 Å². The van der Waals surface area contributed by atoms with Crippen LogP contribution < -0.4 is 5.32 Å². The molecule has 2 aromatic heterocycles. The molecule has 1 amide bonds. The fraction of sp³-hybridized carbons (Fsp3) is 0.167. The lowest BCUT2D eigenvalue weighted by atomic mass is 10.3. The smallest absolute Gasteiger partial charge is 0.335 e. The Labute approximate surface area is 118 Å². The molecule has 0 aliphatic carbocycles. The molecule has 0 radical (unpaired) electrons. The topological polar surface area (TPSA) is 105 Å². The van der Waals surface area contributed by atoms with E-state index in [0.717, 1.165) is 11.8 Å². The number of aromatic carboxylic acids is 1. The number of hydrogen-bond donors (Lipinski definition) is 2. The number of aryl methyl sites for hydroxylation is 1. The Kier molecular flexibility index (Phi) is 4.36. The first-order valence-electron chi connectivity index (χ1n) is 5.60. The molecule has 8 heteroatoms. The summed E-state index contributed by atoms with van der Waals surface area (Å²) in [5.41, 5.74) is 0.134. The second-order valence-corrected chi connectivity index (χ2v) is 4.84. The van der Waals surface area contributed by atoms with Gasteiger partial charge in [0.25, 0.3) is 0 Å². The van der Waals surface area contributed by atoms with Crippen LogP contribution in [0.15, 0.2) is 33.9 Å². The molecule has 2 N–H and O–H groups in total. The van der Waals surface area contributed by atoms with Gasteiger partial charge in [-0.1, -0.05) is 16.9 Å². The monoisotopic (exact) mass is 293 g/mol. The maximum Gasteiger partial charge on any atom is 0.335 e. The van der Waals surface area contributed by atoms with E-state index in [4.69, 9.17) is 9.63 Å². The van der Waals surface area contributed by atoms with Gasteiger partial charge >= 0.3 is 5.97 Å². The van der Waals surface area contributed by atoms with Crippen LogP contribution in [0.4, 0.5) is 5.82 Å². The summed E-state index contributed by atoms with van der Waals surface area (Å²) in [5, 5.41) is 15.5. The largest absolute Gasteiger partial charge is 0.478 e. The van der Waals surface area contributed by atoms with Gasteiger partial charge in [-0.2, -0.15) is 0 Å². The molecule has 0 saturated heterocycles. The average molecular weight is 293 g/mol. The number of anilines is 1. The first kappa shape index (κ1) is 14.1. The minimum absolute atomic E-state index is 0.0992. The number of carbonyl (C=O) groups excluding carboxylic acids is 1. The second-order valence-electron chi connectivity index (χ2n) is 3.85. The number of nitrogens with one attached hydrogen (secondary N) is 1. The van der Waals surface area contributed by atoms with Crippen molar-refractivity contribution in [1.82, 2.24) is 10.1 Å². The first-order chi connectivity index (χ1) is 9.54. The van der Waals surface area contributed by atoms with Crippen LogP contribution in [0, 0.1) is 6.92 Å². The van der Waals surface area contributed by atoms with Crippen molar-refractivity contribution in [2.75, 3.05) is 11.1 Å². The van der Waals surface area contributed by atoms with Crippen LogP contribution in [-0.2, 0) is 4.79 Å². The van der Waals surface area contributed by atoms with Crippen molar-refractivity contribution in [1.29, 1.82) is 0 Å². The molecule has 0 saturated carbocycles. The molecule has 0 bridgehead atoms. The van der Waals surface area contributed by atoms with Gasteiger partial charge in [0.15, 0.2) is 5.82 Å². The summed E-state index contributed by atoms with van der Waals surface area (Å²) in [5.74, 6) is -0.256. The average Bonchev–Trinajstić information content (AvgIpc) is 2.82. The maximum absolute atomic E-state index is 11.7. The molecule has 0 spiro atoms. The maximum atomic E-state index is 11.7. The number of carbonyl (C=O) groups is 2. The van der Waals surface area contributed by atoms with Crippen molar-refractivity contribution in [2.45, 2.75) is 11.9 Å². The van der Waals surface area contributed by atoms with Crippen molar-refractivity contribution in [3.8, 4) is 0 Å². The molecule has 2 aromatic rings. The Morgan fingerprint density at radius 1 is 1.45 bits per heavy atom. The molecule has 0 aliphatic heterocycles. The highest BCUT2D eigenvalue weighted by Crippen LogP contribution is 2.17. The van der Waals surface area contributed by atoms with Crippen molar-refractivity contribution in [3.05, 3.63) is 35.7 Å². The number of aromatic nitrogens is 2. The number of thioether (sulfide) groups is 1. The number of rotatable bonds is 5. The predicted molar refractivity (Wildman–Crippen MR) is 71.8 cm³/mol. The van der Waals surface area contributed by atoms with E-state index in [1.54, 1.807) is 13.0 Å². The van der Waals surface area contributed by atoms with Crippen LogP contribution in [0.3, 0.4) is 0 Å². The van der Waals surface area contributed by atoms with Crippen LogP contribution in [0.25, 0.3) is 0 Å². The van der Waals surface area contributed by atoms with Gasteiger partial charge in [-0.3, -0.25) is 4.79 Å². The highest BCUT2D eigenvalue weighted by atomic mass is 32.2. The zero-order valence-corrected chi connectivity index (χ0v) is 11.3. The van der Waals surface area contributed by atoms with Crippen molar-refractivity contribution >= 4 is 29.5 Å². The number of hydrogen-bond acceptors (Lipinski definition) is 6. The molecule has 0 unspecified atom stereocenters. The Balaban J connectivity index is 1.90. The Morgan fingerprint density at radius 2 is 2.25 bits per heavy atom. The van der Waals surface area contributed by atoms with Crippen molar-refractivity contribution in [2.24, 2.45) is 0 Å². The molecule has 104 valence electrons. The van der Waals surface area contributed by atoms with Crippen LogP contribution in [-0.4, -0.2) is 32.9 Å². The number of amides is 1. The minimum Gasteiger partial charge on any atom is -0.478 e. The molecule has 0 aromatic carbocycles. The van der Waals surface area contributed by atoms with Gasteiger partial charge in [0.1, 0.15) is 5.76 Å². The van der Waals surface area contributed by atoms with E-state index >= 15 is 0 Å². The summed E-state index contributed by atoms with van der Waals surface area (Å²) in [6.07, 6.45) is 1.39. The van der Waals surface area contributed by atoms with E-state index in [2.05, 4.69) is 15.5 Å². The van der Waals surface area contributed by atoms with Crippen LogP contribution in [0.2, 0.25) is 0 Å². The molecule has 7 nitrogen and oxygen atoms in total. The fourth-order valence-corrected chi connectivity index (χ4v) is 2.06. The Bertz CT molecular complexity index is 641. The number of carboxylic acid groups (broad SMARTS) is 1. The quantitative estimate of drug-likeness (QED) is 0.810. The molecule has 20 heavy (non-hydrogen) atoms. The molecule has 0 aliphatic rings. The van der Waals surface area contributed by atoms with Gasteiger partial charge in [-0.25, -0.2) is 9.78 Å². The first-order valence-corrected chi connectivity index (χ1v) is 6.58. The molecule has 2 rings (SSSR count). The molecule has 2 heterocycles. The SMILES string of the molecule is Cc1cc(NC(=O)CSc2cc(C(=O)O)ccn2)no1. The number of pyridine rings is 1. The number of nitrogens with zero attached hydrogens (tertiary/aromatic N) is 2. The van der Waals surface area contributed by atoms with Gasteiger partial charge in [0.2, 0.25) is 5.91 Å². The van der Waals surface area contributed by atoms with E-state index < -0.39 is 5.97 Å². The minimum atomic E-state index is -1.03. The van der Waals surface area contributed by atoms with E-state index in [1.165, 1.54) is 18.3 Å².